The Morgan fingerprint density at radius 2 is 2.06 bits per heavy atom. The average molecular weight is 253 g/mol. The van der Waals surface area contributed by atoms with Crippen molar-refractivity contribution in [2.75, 3.05) is 0 Å². The number of sulfone groups is 1. The molecule has 0 bridgehead atoms. The number of nitrogens with zero attached hydrogens (tertiary/aromatic N) is 1. The first-order valence-corrected chi connectivity index (χ1v) is 6.36. The van der Waals surface area contributed by atoms with Gasteiger partial charge in [0.2, 0.25) is 14.8 Å². The van der Waals surface area contributed by atoms with Crippen molar-refractivity contribution in [2.45, 2.75) is 23.7 Å². The van der Waals surface area contributed by atoms with E-state index in [9.17, 15) is 13.2 Å². The molecule has 0 unspecified atom stereocenters. The minimum atomic E-state index is -3.58. The maximum Gasteiger partial charge on any atom is 0.276 e. The van der Waals surface area contributed by atoms with Gasteiger partial charge in [-0.25, -0.2) is 13.4 Å². The van der Waals surface area contributed by atoms with Crippen molar-refractivity contribution in [2.24, 2.45) is 4.99 Å². The van der Waals surface area contributed by atoms with Crippen molar-refractivity contribution < 1.29 is 17.9 Å². The van der Waals surface area contributed by atoms with Gasteiger partial charge in [0.25, 0.3) is 5.91 Å². The van der Waals surface area contributed by atoms with E-state index < -0.39 is 20.7 Å². The fourth-order valence-electron chi connectivity index (χ4n) is 1.61. The molecule has 1 aliphatic rings. The lowest BCUT2D eigenvalue weighted by atomic mass is 10.2. The zero-order chi connectivity index (χ0) is 12.8. The monoisotopic (exact) mass is 253 g/mol. The molecule has 0 aliphatic carbocycles. The van der Waals surface area contributed by atoms with Crippen molar-refractivity contribution >= 4 is 22.5 Å². The van der Waals surface area contributed by atoms with Crippen LogP contribution in [0.3, 0.4) is 0 Å². The molecule has 90 valence electrons. The lowest BCUT2D eigenvalue weighted by molar-refractivity contribution is 0.100. The standard InChI is InChI=1S/C11H11NO4S/c1-11(2)16-8-5-4-7(10(13)12-3)6-9(8)17(11,14)15/h4-6H,3H2,1-2H3. The molecule has 0 radical (unpaired) electrons. The SMILES string of the molecule is C=NC(=O)c1ccc2c(c1)S(=O)(=O)C(C)(C)O2. The molecule has 6 heteroatoms. The molecule has 17 heavy (non-hydrogen) atoms. The summed E-state index contributed by atoms with van der Waals surface area (Å²) in [5.41, 5.74) is 0.184. The summed E-state index contributed by atoms with van der Waals surface area (Å²) in [6.45, 7) is 6.05. The van der Waals surface area contributed by atoms with Gasteiger partial charge in [-0.05, 0) is 38.8 Å². The summed E-state index contributed by atoms with van der Waals surface area (Å²) < 4.78 is 29.5. The van der Waals surface area contributed by atoms with Crippen LogP contribution >= 0.6 is 0 Å². The van der Waals surface area contributed by atoms with Crippen LogP contribution < -0.4 is 4.74 Å². The molecular weight excluding hydrogens is 242 g/mol. The molecule has 1 aromatic rings. The summed E-state index contributed by atoms with van der Waals surface area (Å²) in [5.74, 6) is -0.302. The summed E-state index contributed by atoms with van der Waals surface area (Å²) >= 11 is 0. The van der Waals surface area contributed by atoms with Crippen LogP contribution in [0.4, 0.5) is 0 Å². The fraction of sp³-hybridized carbons (Fsp3) is 0.273. The molecular formula is C11H11NO4S. The Morgan fingerprint density at radius 1 is 1.41 bits per heavy atom. The topological polar surface area (TPSA) is 72.8 Å². The molecule has 0 atom stereocenters. The number of carbonyl (C=O) groups is 1. The van der Waals surface area contributed by atoms with E-state index >= 15 is 0 Å². The van der Waals surface area contributed by atoms with Crippen LogP contribution in [-0.2, 0) is 9.84 Å². The molecule has 1 aromatic carbocycles. The first kappa shape index (κ1) is 11.8. The Morgan fingerprint density at radius 3 is 2.65 bits per heavy atom. The Kier molecular flexibility index (Phi) is 2.36. The highest BCUT2D eigenvalue weighted by molar-refractivity contribution is 7.93. The molecule has 1 amide bonds. The third kappa shape index (κ3) is 1.56. The second kappa shape index (κ2) is 3.40. The van der Waals surface area contributed by atoms with Crippen LogP contribution in [0.5, 0.6) is 5.75 Å². The number of ether oxygens (including phenoxy) is 1. The van der Waals surface area contributed by atoms with E-state index in [0.29, 0.717) is 0 Å². The van der Waals surface area contributed by atoms with E-state index in [1.807, 2.05) is 0 Å². The average Bonchev–Trinajstić information content (AvgIpc) is 2.44. The summed E-state index contributed by atoms with van der Waals surface area (Å²) in [5, 5.41) is 0. The zero-order valence-electron chi connectivity index (χ0n) is 9.43. The normalized spacial score (nSPS) is 19.2. The van der Waals surface area contributed by atoms with E-state index in [1.54, 1.807) is 0 Å². The summed E-state index contributed by atoms with van der Waals surface area (Å²) in [4.78, 5) is 13.3. The van der Waals surface area contributed by atoms with Crippen LogP contribution in [0.25, 0.3) is 0 Å². The quantitative estimate of drug-likeness (QED) is 0.710. The van der Waals surface area contributed by atoms with E-state index in [0.717, 1.165) is 0 Å². The number of carbonyl (C=O) groups excluding carboxylic acids is 1. The molecule has 0 saturated heterocycles. The highest BCUT2D eigenvalue weighted by Gasteiger charge is 2.46. The number of aliphatic imine (C=N–C) groups is 1. The Balaban J connectivity index is 2.65. The van der Waals surface area contributed by atoms with Gasteiger partial charge in [-0.15, -0.1) is 0 Å². The predicted octanol–water partition coefficient (Wildman–Crippen LogP) is 1.43. The molecule has 1 aliphatic heterocycles. The minimum absolute atomic E-state index is 0.0250. The van der Waals surface area contributed by atoms with Crippen molar-refractivity contribution in [1.82, 2.24) is 0 Å². The van der Waals surface area contributed by atoms with E-state index in [2.05, 4.69) is 11.7 Å². The van der Waals surface area contributed by atoms with Gasteiger partial charge >= 0.3 is 0 Å². The van der Waals surface area contributed by atoms with Gasteiger partial charge in [0.15, 0.2) is 0 Å². The van der Waals surface area contributed by atoms with E-state index in [-0.39, 0.29) is 16.2 Å². The van der Waals surface area contributed by atoms with Gasteiger partial charge < -0.3 is 4.74 Å². The zero-order valence-corrected chi connectivity index (χ0v) is 10.2. The first-order valence-electron chi connectivity index (χ1n) is 4.88. The number of benzene rings is 1. The largest absolute Gasteiger partial charge is 0.470 e. The molecule has 0 N–H and O–H groups in total. The van der Waals surface area contributed by atoms with E-state index in [4.69, 9.17) is 4.74 Å². The number of hydrogen-bond acceptors (Lipinski definition) is 4. The third-order valence-electron chi connectivity index (χ3n) is 2.63. The Bertz CT molecular complexity index is 616. The smallest absolute Gasteiger partial charge is 0.276 e. The maximum absolute atomic E-state index is 12.1. The Hall–Kier alpha value is -1.69. The van der Waals surface area contributed by atoms with Gasteiger partial charge in [0.05, 0.1) is 0 Å². The van der Waals surface area contributed by atoms with Crippen LogP contribution in [0.15, 0.2) is 28.1 Å². The summed E-state index contributed by atoms with van der Waals surface area (Å²) in [6, 6.07) is 4.20. The highest BCUT2D eigenvalue weighted by Crippen LogP contribution is 2.41. The van der Waals surface area contributed by atoms with Crippen molar-refractivity contribution in [1.29, 1.82) is 0 Å². The van der Waals surface area contributed by atoms with Gasteiger partial charge in [-0.2, -0.15) is 0 Å². The van der Waals surface area contributed by atoms with Gasteiger partial charge in [-0.3, -0.25) is 4.79 Å². The maximum atomic E-state index is 12.1. The van der Waals surface area contributed by atoms with Crippen LogP contribution in [-0.4, -0.2) is 26.0 Å². The third-order valence-corrected chi connectivity index (χ3v) is 4.90. The van der Waals surface area contributed by atoms with Crippen LogP contribution in [0.2, 0.25) is 0 Å². The lowest BCUT2D eigenvalue weighted by Gasteiger charge is -2.15. The van der Waals surface area contributed by atoms with Crippen LogP contribution in [0, 0.1) is 0 Å². The minimum Gasteiger partial charge on any atom is -0.470 e. The molecule has 0 saturated carbocycles. The fourth-order valence-corrected chi connectivity index (χ4v) is 3.00. The second-order valence-electron chi connectivity index (χ2n) is 4.13. The number of fused-ring (bicyclic) bond motifs is 1. The molecule has 0 aromatic heterocycles. The second-order valence-corrected chi connectivity index (χ2v) is 6.56. The molecule has 0 spiro atoms. The lowest BCUT2D eigenvalue weighted by Crippen LogP contribution is -2.32. The van der Waals surface area contributed by atoms with E-state index in [1.165, 1.54) is 32.0 Å². The van der Waals surface area contributed by atoms with Crippen LogP contribution in [0.1, 0.15) is 24.2 Å². The first-order chi connectivity index (χ1) is 7.79. The molecule has 0 fully saturated rings. The number of rotatable bonds is 1. The number of hydrogen-bond donors (Lipinski definition) is 0. The molecule has 5 nitrogen and oxygen atoms in total. The van der Waals surface area contributed by atoms with Gasteiger partial charge in [0.1, 0.15) is 10.6 Å². The predicted molar refractivity (Wildman–Crippen MR) is 62.2 cm³/mol. The van der Waals surface area contributed by atoms with Crippen molar-refractivity contribution in [3.63, 3.8) is 0 Å². The summed E-state index contributed by atoms with van der Waals surface area (Å²) in [6.07, 6.45) is 0. The molecule has 2 rings (SSSR count). The van der Waals surface area contributed by atoms with Gasteiger partial charge in [-0.1, -0.05) is 0 Å². The summed E-state index contributed by atoms with van der Waals surface area (Å²) in [7, 11) is -3.58. The Labute approximate surface area is 99.0 Å². The van der Waals surface area contributed by atoms with Crippen molar-refractivity contribution in [3.8, 4) is 5.75 Å². The number of amides is 1. The van der Waals surface area contributed by atoms with Crippen molar-refractivity contribution in [3.05, 3.63) is 23.8 Å². The highest BCUT2D eigenvalue weighted by atomic mass is 32.2. The van der Waals surface area contributed by atoms with Gasteiger partial charge in [0, 0.05) is 5.56 Å². The molecule has 1 heterocycles.